The standard InChI is InChI=1S/C10H17N7O3/c1-4-16(6-8(18)15(2)3)9-7(17(19)20)5-12-10(13-9)14-11/h5H,4,6,11H2,1-3H3,(H,12,13,14). The third kappa shape index (κ3) is 3.51. The van der Waals surface area contributed by atoms with Crippen LogP contribution < -0.4 is 16.2 Å². The molecular weight excluding hydrogens is 266 g/mol. The number of hydrogen-bond donors (Lipinski definition) is 2. The number of nitrogens with one attached hydrogen (secondary N) is 1. The average molecular weight is 283 g/mol. The lowest BCUT2D eigenvalue weighted by molar-refractivity contribution is -0.384. The fraction of sp³-hybridized carbons (Fsp3) is 0.500. The largest absolute Gasteiger partial charge is 0.347 e. The van der Waals surface area contributed by atoms with Gasteiger partial charge in [0.15, 0.2) is 0 Å². The van der Waals surface area contributed by atoms with Crippen LogP contribution in [-0.4, -0.2) is 52.9 Å². The molecule has 3 N–H and O–H groups in total. The first kappa shape index (κ1) is 15.6. The molecule has 1 amide bonds. The van der Waals surface area contributed by atoms with Gasteiger partial charge in [-0.1, -0.05) is 0 Å². The van der Waals surface area contributed by atoms with Crippen molar-refractivity contribution < 1.29 is 9.72 Å². The molecule has 0 saturated heterocycles. The van der Waals surface area contributed by atoms with Crippen LogP contribution >= 0.6 is 0 Å². The Kier molecular flexibility index (Phi) is 5.15. The Balaban J connectivity index is 3.18. The molecule has 0 bridgehead atoms. The van der Waals surface area contributed by atoms with Crippen LogP contribution in [0.2, 0.25) is 0 Å². The number of hydrazine groups is 1. The summed E-state index contributed by atoms with van der Waals surface area (Å²) in [6, 6.07) is 0. The number of nitro groups is 1. The summed E-state index contributed by atoms with van der Waals surface area (Å²) in [6.45, 7) is 2.12. The molecule has 0 radical (unpaired) electrons. The topological polar surface area (TPSA) is 131 Å². The second-order valence-corrected chi connectivity index (χ2v) is 4.11. The molecule has 0 spiro atoms. The van der Waals surface area contributed by atoms with E-state index in [1.54, 1.807) is 21.0 Å². The summed E-state index contributed by atoms with van der Waals surface area (Å²) in [7, 11) is 3.22. The van der Waals surface area contributed by atoms with Crippen molar-refractivity contribution >= 4 is 23.4 Å². The van der Waals surface area contributed by atoms with Gasteiger partial charge >= 0.3 is 5.69 Å². The van der Waals surface area contributed by atoms with Gasteiger partial charge in [-0.25, -0.2) is 10.8 Å². The third-order valence-corrected chi connectivity index (χ3v) is 2.58. The Morgan fingerprint density at radius 1 is 1.55 bits per heavy atom. The highest BCUT2D eigenvalue weighted by molar-refractivity contribution is 5.81. The fourth-order valence-corrected chi connectivity index (χ4v) is 1.44. The van der Waals surface area contributed by atoms with Crippen molar-refractivity contribution in [2.45, 2.75) is 6.92 Å². The lowest BCUT2D eigenvalue weighted by Gasteiger charge is -2.22. The molecule has 0 aromatic carbocycles. The highest BCUT2D eigenvalue weighted by Gasteiger charge is 2.24. The van der Waals surface area contributed by atoms with Crippen molar-refractivity contribution in [1.29, 1.82) is 0 Å². The quantitative estimate of drug-likeness (QED) is 0.409. The summed E-state index contributed by atoms with van der Waals surface area (Å²) in [6.07, 6.45) is 1.06. The van der Waals surface area contributed by atoms with Gasteiger partial charge in [0, 0.05) is 20.6 Å². The van der Waals surface area contributed by atoms with Crippen molar-refractivity contribution in [2.24, 2.45) is 5.84 Å². The van der Waals surface area contributed by atoms with Crippen LogP contribution in [-0.2, 0) is 4.79 Å². The summed E-state index contributed by atoms with van der Waals surface area (Å²) in [5, 5.41) is 11.0. The number of nitrogens with two attached hydrogens (primary N) is 1. The number of nitrogen functional groups attached to an aromatic ring is 1. The molecule has 20 heavy (non-hydrogen) atoms. The number of hydrogen-bond acceptors (Lipinski definition) is 8. The average Bonchev–Trinajstić information content (AvgIpc) is 2.43. The lowest BCUT2D eigenvalue weighted by Crippen LogP contribution is -2.37. The van der Waals surface area contributed by atoms with Gasteiger partial charge in [0.25, 0.3) is 0 Å². The van der Waals surface area contributed by atoms with E-state index in [9.17, 15) is 14.9 Å². The van der Waals surface area contributed by atoms with Crippen LogP contribution in [0.4, 0.5) is 17.5 Å². The molecule has 0 fully saturated rings. The minimum atomic E-state index is -0.599. The summed E-state index contributed by atoms with van der Waals surface area (Å²) >= 11 is 0. The van der Waals surface area contributed by atoms with Crippen molar-refractivity contribution in [1.82, 2.24) is 14.9 Å². The number of nitrogens with zero attached hydrogens (tertiary/aromatic N) is 5. The van der Waals surface area contributed by atoms with Gasteiger partial charge in [-0.15, -0.1) is 0 Å². The van der Waals surface area contributed by atoms with Gasteiger partial charge in [0.2, 0.25) is 17.7 Å². The minimum Gasteiger partial charge on any atom is -0.347 e. The summed E-state index contributed by atoms with van der Waals surface area (Å²) < 4.78 is 0. The van der Waals surface area contributed by atoms with Crippen LogP contribution in [0.3, 0.4) is 0 Å². The maximum absolute atomic E-state index is 11.8. The Morgan fingerprint density at radius 3 is 2.65 bits per heavy atom. The van der Waals surface area contributed by atoms with E-state index in [2.05, 4.69) is 15.4 Å². The summed E-state index contributed by atoms with van der Waals surface area (Å²) in [5.41, 5.74) is 1.94. The van der Waals surface area contributed by atoms with E-state index in [4.69, 9.17) is 5.84 Å². The highest BCUT2D eigenvalue weighted by atomic mass is 16.6. The number of anilines is 2. The zero-order chi connectivity index (χ0) is 15.3. The second kappa shape index (κ2) is 6.61. The van der Waals surface area contributed by atoms with Gasteiger partial charge in [-0.2, -0.15) is 4.98 Å². The molecule has 10 nitrogen and oxygen atoms in total. The molecule has 0 saturated carbocycles. The van der Waals surface area contributed by atoms with Crippen LogP contribution in [0.25, 0.3) is 0 Å². The van der Waals surface area contributed by atoms with Crippen LogP contribution in [0, 0.1) is 10.1 Å². The smallest absolute Gasteiger partial charge is 0.329 e. The molecular formula is C10H17N7O3. The molecule has 0 aliphatic rings. The summed E-state index contributed by atoms with van der Waals surface area (Å²) in [4.78, 5) is 32.7. The number of amides is 1. The van der Waals surface area contributed by atoms with E-state index >= 15 is 0 Å². The molecule has 10 heteroatoms. The molecule has 0 unspecified atom stereocenters. The van der Waals surface area contributed by atoms with E-state index in [0.29, 0.717) is 6.54 Å². The Morgan fingerprint density at radius 2 is 2.20 bits per heavy atom. The molecule has 1 rings (SSSR count). The van der Waals surface area contributed by atoms with Crippen LogP contribution in [0.5, 0.6) is 0 Å². The number of rotatable bonds is 6. The number of carbonyl (C=O) groups excluding carboxylic acids is 1. The molecule has 1 aromatic rings. The van der Waals surface area contributed by atoms with Crippen molar-refractivity contribution in [2.75, 3.05) is 37.5 Å². The highest BCUT2D eigenvalue weighted by Crippen LogP contribution is 2.25. The van der Waals surface area contributed by atoms with E-state index in [-0.39, 0.29) is 29.9 Å². The van der Waals surface area contributed by atoms with Crippen molar-refractivity contribution in [3.63, 3.8) is 0 Å². The van der Waals surface area contributed by atoms with Crippen molar-refractivity contribution in [3.8, 4) is 0 Å². The second-order valence-electron chi connectivity index (χ2n) is 4.11. The van der Waals surface area contributed by atoms with E-state index in [0.717, 1.165) is 6.20 Å². The van der Waals surface area contributed by atoms with E-state index in [1.165, 1.54) is 9.80 Å². The predicted molar refractivity (Wildman–Crippen MR) is 73.1 cm³/mol. The van der Waals surface area contributed by atoms with E-state index in [1.807, 2.05) is 0 Å². The van der Waals surface area contributed by atoms with E-state index < -0.39 is 4.92 Å². The Labute approximate surface area is 115 Å². The third-order valence-electron chi connectivity index (χ3n) is 2.58. The molecule has 110 valence electrons. The minimum absolute atomic E-state index is 0.0225. The Bertz CT molecular complexity index is 506. The lowest BCUT2D eigenvalue weighted by atomic mass is 10.3. The zero-order valence-corrected chi connectivity index (χ0v) is 11.5. The normalized spacial score (nSPS) is 10.0. The van der Waals surface area contributed by atoms with Gasteiger partial charge in [-0.05, 0) is 6.92 Å². The number of likely N-dealkylation sites (N-methyl/N-ethyl adjacent to an activating group) is 2. The molecule has 1 aromatic heterocycles. The monoisotopic (exact) mass is 283 g/mol. The maximum Gasteiger partial charge on any atom is 0.329 e. The first-order valence-electron chi connectivity index (χ1n) is 5.83. The molecule has 0 aliphatic heterocycles. The van der Waals surface area contributed by atoms with Gasteiger partial charge < -0.3 is 9.80 Å². The summed E-state index contributed by atoms with van der Waals surface area (Å²) in [5.74, 6) is 5.10. The fourth-order valence-electron chi connectivity index (χ4n) is 1.44. The SMILES string of the molecule is CCN(CC(=O)N(C)C)c1nc(NN)ncc1[N+](=O)[O-]. The number of carbonyl (C=O) groups is 1. The van der Waals surface area contributed by atoms with Gasteiger partial charge in [0.1, 0.15) is 6.20 Å². The number of aromatic nitrogens is 2. The van der Waals surface area contributed by atoms with Crippen molar-refractivity contribution in [3.05, 3.63) is 16.3 Å². The predicted octanol–water partition coefficient (Wildman–Crippen LogP) is -0.415. The Hall–Kier alpha value is -2.49. The first-order chi connectivity index (χ1) is 9.40. The first-order valence-corrected chi connectivity index (χ1v) is 5.83. The maximum atomic E-state index is 11.8. The van der Waals surface area contributed by atoms with Gasteiger partial charge in [-0.3, -0.25) is 20.3 Å². The molecule has 0 aliphatic carbocycles. The van der Waals surface area contributed by atoms with Crippen LogP contribution in [0.1, 0.15) is 6.92 Å². The van der Waals surface area contributed by atoms with Gasteiger partial charge in [0.05, 0.1) is 11.5 Å². The zero-order valence-electron chi connectivity index (χ0n) is 11.5. The molecule has 1 heterocycles. The van der Waals surface area contributed by atoms with Crippen LogP contribution in [0.15, 0.2) is 6.20 Å². The molecule has 0 atom stereocenters.